The minimum Gasteiger partial charge on any atom is -0.381 e. The van der Waals surface area contributed by atoms with Crippen molar-refractivity contribution < 1.29 is 14.6 Å². The van der Waals surface area contributed by atoms with E-state index < -0.39 is 5.60 Å². The predicted molar refractivity (Wildman–Crippen MR) is 86.6 cm³/mol. The van der Waals surface area contributed by atoms with Gasteiger partial charge in [-0.25, -0.2) is 0 Å². The molecular formula is C18H27NO3. The van der Waals surface area contributed by atoms with Gasteiger partial charge in [0.1, 0.15) is 5.60 Å². The first-order chi connectivity index (χ1) is 10.4. The second kappa shape index (κ2) is 6.80. The standard InChI is InChI=1S/C18H27NO3/c1-4-17(2,3)15-7-5-14(6-8-15)13-19-16(20)18(21)9-11-22-12-10-18/h5-8,21H,4,9-13H2,1-3H3,(H,19,20). The molecule has 0 spiro atoms. The van der Waals surface area contributed by atoms with Crippen LogP contribution in [0, 0.1) is 0 Å². The van der Waals surface area contributed by atoms with Crippen LogP contribution in [0.1, 0.15) is 51.2 Å². The van der Waals surface area contributed by atoms with Crippen molar-refractivity contribution in [1.29, 1.82) is 0 Å². The molecule has 4 heteroatoms. The van der Waals surface area contributed by atoms with Crippen LogP contribution in [0.4, 0.5) is 0 Å². The van der Waals surface area contributed by atoms with Crippen molar-refractivity contribution >= 4 is 5.91 Å². The molecule has 1 aromatic rings. The number of benzene rings is 1. The van der Waals surface area contributed by atoms with Crippen molar-refractivity contribution in [2.24, 2.45) is 0 Å². The highest BCUT2D eigenvalue weighted by molar-refractivity contribution is 5.84. The van der Waals surface area contributed by atoms with Gasteiger partial charge in [-0.2, -0.15) is 0 Å². The summed E-state index contributed by atoms with van der Waals surface area (Å²) in [6.45, 7) is 7.95. The zero-order valence-electron chi connectivity index (χ0n) is 13.8. The lowest BCUT2D eigenvalue weighted by molar-refractivity contribution is -0.149. The molecule has 1 fully saturated rings. The zero-order valence-corrected chi connectivity index (χ0v) is 13.8. The Kier molecular flexibility index (Phi) is 5.24. The third-order valence-electron chi connectivity index (χ3n) is 4.81. The van der Waals surface area contributed by atoms with Crippen LogP contribution in [0.3, 0.4) is 0 Å². The fourth-order valence-corrected chi connectivity index (χ4v) is 2.56. The van der Waals surface area contributed by atoms with E-state index in [1.54, 1.807) is 0 Å². The van der Waals surface area contributed by atoms with Gasteiger partial charge in [-0.1, -0.05) is 45.0 Å². The Morgan fingerprint density at radius 1 is 1.27 bits per heavy atom. The van der Waals surface area contributed by atoms with E-state index in [-0.39, 0.29) is 11.3 Å². The van der Waals surface area contributed by atoms with Crippen LogP contribution >= 0.6 is 0 Å². The van der Waals surface area contributed by atoms with Gasteiger partial charge in [0.15, 0.2) is 0 Å². The van der Waals surface area contributed by atoms with E-state index >= 15 is 0 Å². The lowest BCUT2D eigenvalue weighted by Gasteiger charge is -2.30. The molecule has 0 bridgehead atoms. The Bertz CT molecular complexity index is 502. The topological polar surface area (TPSA) is 58.6 Å². The summed E-state index contributed by atoms with van der Waals surface area (Å²) >= 11 is 0. The number of aliphatic hydroxyl groups is 1. The van der Waals surface area contributed by atoms with Gasteiger partial charge in [0.25, 0.3) is 5.91 Å². The van der Waals surface area contributed by atoms with Crippen molar-refractivity contribution in [2.45, 2.75) is 57.6 Å². The first kappa shape index (κ1) is 17.0. The second-order valence-corrected chi connectivity index (χ2v) is 6.76. The Morgan fingerprint density at radius 3 is 2.41 bits per heavy atom. The maximum atomic E-state index is 12.1. The molecule has 1 heterocycles. The molecule has 0 atom stereocenters. The SMILES string of the molecule is CCC(C)(C)c1ccc(CNC(=O)C2(O)CCOCC2)cc1. The largest absolute Gasteiger partial charge is 0.381 e. The monoisotopic (exact) mass is 305 g/mol. The Hall–Kier alpha value is -1.39. The van der Waals surface area contributed by atoms with Crippen LogP contribution in [0.5, 0.6) is 0 Å². The second-order valence-electron chi connectivity index (χ2n) is 6.76. The smallest absolute Gasteiger partial charge is 0.252 e. The fraction of sp³-hybridized carbons (Fsp3) is 0.611. The fourth-order valence-electron chi connectivity index (χ4n) is 2.56. The van der Waals surface area contributed by atoms with Gasteiger partial charge in [-0.05, 0) is 23.0 Å². The predicted octanol–water partition coefficient (Wildman–Crippen LogP) is 2.53. The van der Waals surface area contributed by atoms with Gasteiger partial charge < -0.3 is 15.2 Å². The molecule has 1 amide bonds. The highest BCUT2D eigenvalue weighted by Gasteiger charge is 2.37. The van der Waals surface area contributed by atoms with Crippen molar-refractivity contribution in [2.75, 3.05) is 13.2 Å². The molecule has 1 aliphatic heterocycles. The number of hydrogen-bond acceptors (Lipinski definition) is 3. The van der Waals surface area contributed by atoms with E-state index in [9.17, 15) is 9.90 Å². The highest BCUT2D eigenvalue weighted by Crippen LogP contribution is 2.26. The van der Waals surface area contributed by atoms with Crippen molar-refractivity contribution in [3.05, 3.63) is 35.4 Å². The quantitative estimate of drug-likeness (QED) is 0.879. The zero-order chi connectivity index (χ0) is 16.2. The molecule has 122 valence electrons. The molecule has 0 saturated carbocycles. The number of carbonyl (C=O) groups is 1. The van der Waals surface area contributed by atoms with E-state index in [4.69, 9.17) is 4.74 Å². The molecule has 1 aromatic carbocycles. The average molecular weight is 305 g/mol. The first-order valence-electron chi connectivity index (χ1n) is 8.05. The van der Waals surface area contributed by atoms with E-state index in [2.05, 4.69) is 38.2 Å². The van der Waals surface area contributed by atoms with E-state index in [1.807, 2.05) is 12.1 Å². The Labute approximate surface area is 132 Å². The summed E-state index contributed by atoms with van der Waals surface area (Å²) in [7, 11) is 0. The van der Waals surface area contributed by atoms with Crippen LogP contribution in [0.25, 0.3) is 0 Å². The first-order valence-corrected chi connectivity index (χ1v) is 8.05. The number of ether oxygens (including phenoxy) is 1. The van der Waals surface area contributed by atoms with Gasteiger partial charge in [0.05, 0.1) is 0 Å². The Morgan fingerprint density at radius 2 is 1.86 bits per heavy atom. The van der Waals surface area contributed by atoms with Crippen LogP contribution < -0.4 is 5.32 Å². The van der Waals surface area contributed by atoms with Crippen molar-refractivity contribution in [3.63, 3.8) is 0 Å². The minimum atomic E-state index is -1.28. The van der Waals surface area contributed by atoms with Crippen LogP contribution in [0.15, 0.2) is 24.3 Å². The summed E-state index contributed by atoms with van der Waals surface area (Å²) in [4.78, 5) is 12.1. The number of rotatable bonds is 5. The number of nitrogens with one attached hydrogen (secondary N) is 1. The summed E-state index contributed by atoms with van der Waals surface area (Å²) in [5, 5.41) is 13.1. The van der Waals surface area contributed by atoms with Gasteiger partial charge in [-0.15, -0.1) is 0 Å². The molecule has 2 N–H and O–H groups in total. The lowest BCUT2D eigenvalue weighted by atomic mass is 9.82. The highest BCUT2D eigenvalue weighted by atomic mass is 16.5. The molecular weight excluding hydrogens is 278 g/mol. The van der Waals surface area contributed by atoms with E-state index in [0.29, 0.717) is 32.6 Å². The van der Waals surface area contributed by atoms with Gasteiger partial charge in [-0.3, -0.25) is 4.79 Å². The Balaban J connectivity index is 1.93. The van der Waals surface area contributed by atoms with Crippen molar-refractivity contribution in [3.8, 4) is 0 Å². The third kappa shape index (κ3) is 3.87. The maximum absolute atomic E-state index is 12.1. The average Bonchev–Trinajstić information content (AvgIpc) is 2.53. The normalized spacial score (nSPS) is 18.0. The molecule has 4 nitrogen and oxygen atoms in total. The van der Waals surface area contributed by atoms with Gasteiger partial charge in [0, 0.05) is 32.6 Å². The summed E-state index contributed by atoms with van der Waals surface area (Å²) in [5.41, 5.74) is 1.23. The molecule has 22 heavy (non-hydrogen) atoms. The number of carbonyl (C=O) groups excluding carboxylic acids is 1. The van der Waals surface area contributed by atoms with Gasteiger partial charge in [0.2, 0.25) is 0 Å². The summed E-state index contributed by atoms with van der Waals surface area (Å²) in [5.74, 6) is -0.297. The molecule has 1 aliphatic rings. The molecule has 2 rings (SSSR count). The van der Waals surface area contributed by atoms with Crippen molar-refractivity contribution in [1.82, 2.24) is 5.32 Å². The summed E-state index contributed by atoms with van der Waals surface area (Å²) in [6, 6.07) is 8.32. The summed E-state index contributed by atoms with van der Waals surface area (Å²) < 4.78 is 5.19. The third-order valence-corrected chi connectivity index (χ3v) is 4.81. The molecule has 0 aliphatic carbocycles. The molecule has 0 unspecified atom stereocenters. The van der Waals surface area contributed by atoms with Crippen LogP contribution in [0.2, 0.25) is 0 Å². The molecule has 0 aromatic heterocycles. The van der Waals surface area contributed by atoms with E-state index in [0.717, 1.165) is 12.0 Å². The maximum Gasteiger partial charge on any atom is 0.252 e. The molecule has 1 saturated heterocycles. The lowest BCUT2D eigenvalue weighted by Crippen LogP contribution is -2.50. The summed E-state index contributed by atoms with van der Waals surface area (Å²) in [6.07, 6.45) is 1.81. The van der Waals surface area contributed by atoms with Crippen LogP contribution in [-0.2, 0) is 21.5 Å². The molecule has 0 radical (unpaired) electrons. The van der Waals surface area contributed by atoms with Gasteiger partial charge >= 0.3 is 0 Å². The minimum absolute atomic E-state index is 0.166. The number of hydrogen-bond donors (Lipinski definition) is 2. The number of amides is 1. The van der Waals surface area contributed by atoms with Crippen LogP contribution in [-0.4, -0.2) is 29.8 Å². The van der Waals surface area contributed by atoms with E-state index in [1.165, 1.54) is 5.56 Å².